The van der Waals surface area contributed by atoms with Crippen LogP contribution in [0.15, 0.2) is 9.95 Å². The Kier molecular flexibility index (Phi) is 4.65. The van der Waals surface area contributed by atoms with Crippen LogP contribution in [-0.4, -0.2) is 42.8 Å². The van der Waals surface area contributed by atoms with Gasteiger partial charge in [0.05, 0.1) is 17.9 Å². The molecule has 0 saturated heterocycles. The molecule has 106 valence electrons. The molecule has 1 saturated carbocycles. The Balaban J connectivity index is 2.24. The second kappa shape index (κ2) is 6.25. The Hall–Kier alpha value is -1.28. The van der Waals surface area contributed by atoms with E-state index in [-0.39, 0.29) is 17.5 Å². The lowest BCUT2D eigenvalue weighted by Gasteiger charge is -2.21. The number of aliphatic hydroxyl groups excluding tert-OH is 1. The van der Waals surface area contributed by atoms with Crippen LogP contribution >= 0.6 is 11.8 Å². The van der Waals surface area contributed by atoms with Gasteiger partial charge < -0.3 is 10.2 Å². The molecule has 3 N–H and O–H groups in total. The Bertz CT molecular complexity index is 498. The molecule has 1 aromatic rings. The fourth-order valence-electron chi connectivity index (χ4n) is 2.38. The predicted molar refractivity (Wildman–Crippen MR) is 69.3 cm³/mol. The van der Waals surface area contributed by atoms with Crippen LogP contribution in [0.5, 0.6) is 0 Å². The first-order valence-electron chi connectivity index (χ1n) is 6.29. The zero-order chi connectivity index (χ0) is 13.8. The van der Waals surface area contributed by atoms with Crippen molar-refractivity contribution >= 4 is 17.7 Å². The largest absolute Gasteiger partial charge is 0.481 e. The van der Waals surface area contributed by atoms with Gasteiger partial charge in [-0.15, -0.1) is 5.10 Å². The molecule has 1 aliphatic rings. The van der Waals surface area contributed by atoms with E-state index in [0.717, 1.165) is 31.0 Å². The zero-order valence-electron chi connectivity index (χ0n) is 10.4. The normalized spacial score (nSPS) is 24.1. The summed E-state index contributed by atoms with van der Waals surface area (Å²) in [5, 5.41) is 25.3. The van der Waals surface area contributed by atoms with E-state index in [2.05, 4.69) is 10.2 Å². The van der Waals surface area contributed by atoms with Crippen molar-refractivity contribution in [1.82, 2.24) is 14.8 Å². The number of aromatic amines is 1. The van der Waals surface area contributed by atoms with E-state index in [1.165, 1.54) is 4.57 Å². The second-order valence-electron chi connectivity index (χ2n) is 4.64. The molecule has 7 nitrogen and oxygen atoms in total. The third-order valence-electron chi connectivity index (χ3n) is 3.27. The zero-order valence-corrected chi connectivity index (χ0v) is 11.2. The number of thioether (sulfide) groups is 1. The van der Waals surface area contributed by atoms with Crippen LogP contribution in [0.1, 0.15) is 38.1 Å². The SMILES string of the molecule is O=C(O)CSc1n[nH]c(=O)n1C1CCCCCC1O. The summed E-state index contributed by atoms with van der Waals surface area (Å²) < 4.78 is 1.41. The van der Waals surface area contributed by atoms with Gasteiger partial charge in [-0.25, -0.2) is 9.89 Å². The molecule has 1 aliphatic carbocycles. The summed E-state index contributed by atoms with van der Waals surface area (Å²) >= 11 is 0.988. The molecule has 2 unspecified atom stereocenters. The molecular weight excluding hydrogens is 270 g/mol. The van der Waals surface area contributed by atoms with Gasteiger partial charge in [0.1, 0.15) is 0 Å². The van der Waals surface area contributed by atoms with E-state index in [0.29, 0.717) is 18.0 Å². The maximum atomic E-state index is 11.8. The third kappa shape index (κ3) is 3.38. The maximum Gasteiger partial charge on any atom is 0.344 e. The number of rotatable bonds is 4. The lowest BCUT2D eigenvalue weighted by atomic mass is 10.1. The lowest BCUT2D eigenvalue weighted by molar-refractivity contribution is -0.133. The highest BCUT2D eigenvalue weighted by Gasteiger charge is 2.27. The average Bonchev–Trinajstić information content (AvgIpc) is 2.58. The van der Waals surface area contributed by atoms with Crippen molar-refractivity contribution < 1.29 is 15.0 Å². The summed E-state index contributed by atoms with van der Waals surface area (Å²) in [6.07, 6.45) is 3.72. The number of carbonyl (C=O) groups is 1. The van der Waals surface area contributed by atoms with E-state index in [1.807, 2.05) is 0 Å². The summed E-state index contributed by atoms with van der Waals surface area (Å²) in [7, 11) is 0. The van der Waals surface area contributed by atoms with Gasteiger partial charge in [-0.05, 0) is 12.8 Å². The van der Waals surface area contributed by atoms with E-state index in [1.54, 1.807) is 0 Å². The molecule has 0 aromatic carbocycles. The van der Waals surface area contributed by atoms with Crippen LogP contribution in [0.3, 0.4) is 0 Å². The molecule has 0 aliphatic heterocycles. The van der Waals surface area contributed by atoms with Gasteiger partial charge in [0.15, 0.2) is 5.16 Å². The highest BCUT2D eigenvalue weighted by Crippen LogP contribution is 2.29. The van der Waals surface area contributed by atoms with Crippen molar-refractivity contribution in [2.45, 2.75) is 49.4 Å². The molecule has 0 bridgehead atoms. The first-order chi connectivity index (χ1) is 9.09. The van der Waals surface area contributed by atoms with Gasteiger partial charge >= 0.3 is 11.7 Å². The minimum atomic E-state index is -0.964. The number of hydrogen-bond acceptors (Lipinski definition) is 5. The van der Waals surface area contributed by atoms with E-state index < -0.39 is 12.1 Å². The molecule has 8 heteroatoms. The molecular formula is C11H17N3O4S. The number of aromatic nitrogens is 3. The molecule has 19 heavy (non-hydrogen) atoms. The molecule has 0 radical (unpaired) electrons. The van der Waals surface area contributed by atoms with Crippen molar-refractivity contribution in [1.29, 1.82) is 0 Å². The predicted octanol–water partition coefficient (Wildman–Crippen LogP) is 0.614. The van der Waals surface area contributed by atoms with Crippen molar-refractivity contribution in [2.24, 2.45) is 0 Å². The maximum absolute atomic E-state index is 11.8. The molecule has 0 amide bonds. The summed E-state index contributed by atoms with van der Waals surface area (Å²) in [6, 6.07) is -0.315. The van der Waals surface area contributed by atoms with Crippen LogP contribution in [0.25, 0.3) is 0 Å². The van der Waals surface area contributed by atoms with E-state index >= 15 is 0 Å². The van der Waals surface area contributed by atoms with Gasteiger partial charge in [-0.1, -0.05) is 31.0 Å². The Morgan fingerprint density at radius 2 is 2.16 bits per heavy atom. The molecule has 2 atom stereocenters. The minimum absolute atomic E-state index is 0.160. The van der Waals surface area contributed by atoms with Gasteiger partial charge in [-0.3, -0.25) is 9.36 Å². The average molecular weight is 287 g/mol. The molecule has 1 aromatic heterocycles. The van der Waals surface area contributed by atoms with Gasteiger partial charge in [0.25, 0.3) is 0 Å². The Labute approximate surface area is 114 Å². The van der Waals surface area contributed by atoms with Crippen LogP contribution in [-0.2, 0) is 4.79 Å². The minimum Gasteiger partial charge on any atom is -0.481 e. The number of hydrogen-bond donors (Lipinski definition) is 3. The summed E-state index contributed by atoms with van der Waals surface area (Å²) in [6.45, 7) is 0. The van der Waals surface area contributed by atoms with Gasteiger partial charge in [-0.2, -0.15) is 0 Å². The monoisotopic (exact) mass is 287 g/mol. The molecule has 0 spiro atoms. The fourth-order valence-corrected chi connectivity index (χ4v) is 3.10. The quantitative estimate of drug-likeness (QED) is 0.553. The number of nitrogens with zero attached hydrogens (tertiary/aromatic N) is 2. The van der Waals surface area contributed by atoms with E-state index in [4.69, 9.17) is 5.11 Å². The van der Waals surface area contributed by atoms with Crippen molar-refractivity contribution in [2.75, 3.05) is 5.75 Å². The Morgan fingerprint density at radius 1 is 1.42 bits per heavy atom. The number of carboxylic acid groups (broad SMARTS) is 1. The highest BCUT2D eigenvalue weighted by atomic mass is 32.2. The number of H-pyrrole nitrogens is 1. The standard InChI is InChI=1S/C11H17N3O4S/c15-8-5-3-1-2-4-7(8)14-10(18)12-13-11(14)19-6-9(16)17/h7-8,15H,1-6H2,(H,12,18)(H,16,17). The first kappa shape index (κ1) is 14.1. The number of nitrogens with one attached hydrogen (secondary N) is 1. The molecule has 1 fully saturated rings. The van der Waals surface area contributed by atoms with Gasteiger partial charge in [0.2, 0.25) is 0 Å². The first-order valence-corrected chi connectivity index (χ1v) is 7.27. The number of carboxylic acids is 1. The summed E-state index contributed by atoms with van der Waals surface area (Å²) in [5.41, 5.74) is -0.390. The van der Waals surface area contributed by atoms with Crippen LogP contribution in [0.4, 0.5) is 0 Å². The highest BCUT2D eigenvalue weighted by molar-refractivity contribution is 7.99. The topological polar surface area (TPSA) is 108 Å². The van der Waals surface area contributed by atoms with E-state index in [9.17, 15) is 14.7 Å². The molecule has 1 heterocycles. The van der Waals surface area contributed by atoms with Crippen LogP contribution in [0, 0.1) is 0 Å². The third-order valence-corrected chi connectivity index (χ3v) is 4.21. The number of aliphatic hydroxyl groups is 1. The van der Waals surface area contributed by atoms with Crippen molar-refractivity contribution in [3.05, 3.63) is 10.5 Å². The molecule has 2 rings (SSSR count). The fraction of sp³-hybridized carbons (Fsp3) is 0.727. The summed E-state index contributed by atoms with van der Waals surface area (Å²) in [5.74, 6) is -1.12. The Morgan fingerprint density at radius 3 is 2.89 bits per heavy atom. The van der Waals surface area contributed by atoms with Crippen LogP contribution < -0.4 is 5.69 Å². The smallest absolute Gasteiger partial charge is 0.344 e. The second-order valence-corrected chi connectivity index (χ2v) is 5.58. The van der Waals surface area contributed by atoms with Gasteiger partial charge in [0, 0.05) is 0 Å². The van der Waals surface area contributed by atoms with Crippen molar-refractivity contribution in [3.63, 3.8) is 0 Å². The number of aliphatic carboxylic acids is 1. The van der Waals surface area contributed by atoms with Crippen LogP contribution in [0.2, 0.25) is 0 Å². The van der Waals surface area contributed by atoms with Crippen molar-refractivity contribution in [3.8, 4) is 0 Å². The summed E-state index contributed by atoms with van der Waals surface area (Å²) in [4.78, 5) is 22.4. The lowest BCUT2D eigenvalue weighted by Crippen LogP contribution is -2.31.